The Morgan fingerprint density at radius 3 is 1.36 bits per heavy atom. The summed E-state index contributed by atoms with van der Waals surface area (Å²) in [5, 5.41) is 0. The molecule has 1 heterocycles. The standard InChI is InChI=1S/C17H14F20O2/c1-6-4-38-7(6)5-39-17(36,37)16(34,35)15(32,33)14(30,31)13(28,29)12(26,27)11(24,25)10(22,23)8(18)2-3-9(19,20)21/h6-8H,2-5H2,1H3. The van der Waals surface area contributed by atoms with Crippen molar-refractivity contribution in [3.8, 4) is 0 Å². The summed E-state index contributed by atoms with van der Waals surface area (Å²) in [6, 6.07) is 0. The second kappa shape index (κ2) is 10.1. The maximum Gasteiger partial charge on any atom is 0.426 e. The highest BCUT2D eigenvalue weighted by molar-refractivity contribution is 5.16. The van der Waals surface area contributed by atoms with Gasteiger partial charge in [-0.25, -0.2) is 4.39 Å². The quantitative estimate of drug-likeness (QED) is 0.194. The van der Waals surface area contributed by atoms with E-state index in [1.165, 1.54) is 6.92 Å². The minimum absolute atomic E-state index is 0.236. The van der Waals surface area contributed by atoms with Crippen molar-refractivity contribution >= 4 is 0 Å². The lowest BCUT2D eigenvalue weighted by Gasteiger charge is -2.44. The van der Waals surface area contributed by atoms with E-state index >= 15 is 0 Å². The molecule has 0 aromatic carbocycles. The summed E-state index contributed by atoms with van der Waals surface area (Å²) in [6.07, 6.45) is -25.0. The molecule has 0 aromatic heterocycles. The first-order valence-corrected chi connectivity index (χ1v) is 9.85. The van der Waals surface area contributed by atoms with Crippen LogP contribution < -0.4 is 0 Å². The van der Waals surface area contributed by atoms with E-state index in [1.807, 2.05) is 0 Å². The largest absolute Gasteiger partial charge is 0.426 e. The topological polar surface area (TPSA) is 18.5 Å². The molecule has 0 radical (unpaired) electrons. The lowest BCUT2D eigenvalue weighted by Crippen LogP contribution is -2.75. The van der Waals surface area contributed by atoms with E-state index in [9.17, 15) is 87.8 Å². The van der Waals surface area contributed by atoms with Gasteiger partial charge in [-0.2, -0.15) is 83.4 Å². The second-order valence-electron chi connectivity index (χ2n) is 8.37. The van der Waals surface area contributed by atoms with Gasteiger partial charge in [0.15, 0.2) is 6.17 Å². The molecule has 22 heteroatoms. The van der Waals surface area contributed by atoms with Crippen LogP contribution in [0.1, 0.15) is 19.8 Å². The van der Waals surface area contributed by atoms with Gasteiger partial charge < -0.3 is 9.47 Å². The van der Waals surface area contributed by atoms with Gasteiger partial charge in [-0.15, -0.1) is 0 Å². The highest BCUT2D eigenvalue weighted by Gasteiger charge is 2.95. The van der Waals surface area contributed by atoms with Gasteiger partial charge in [-0.1, -0.05) is 6.92 Å². The fraction of sp³-hybridized carbons (Fsp3) is 1.00. The fourth-order valence-electron chi connectivity index (χ4n) is 2.76. The normalized spacial score (nSPS) is 22.1. The van der Waals surface area contributed by atoms with E-state index in [2.05, 4.69) is 9.47 Å². The molecule has 1 fully saturated rings. The van der Waals surface area contributed by atoms with Gasteiger partial charge >= 0.3 is 53.7 Å². The Bertz CT molecular complexity index is 850. The molecule has 0 aromatic rings. The van der Waals surface area contributed by atoms with Gasteiger partial charge in [-0.3, -0.25) is 0 Å². The first-order valence-electron chi connectivity index (χ1n) is 9.85. The van der Waals surface area contributed by atoms with Crippen LogP contribution in [0, 0.1) is 5.92 Å². The van der Waals surface area contributed by atoms with Crippen molar-refractivity contribution in [3.05, 3.63) is 0 Å². The number of hydrogen-bond donors (Lipinski definition) is 0. The van der Waals surface area contributed by atoms with Gasteiger partial charge in [0.2, 0.25) is 0 Å². The summed E-state index contributed by atoms with van der Waals surface area (Å²) in [5.74, 6) is -59.3. The molecule has 39 heavy (non-hydrogen) atoms. The average Bonchev–Trinajstić information content (AvgIpc) is 2.74. The third kappa shape index (κ3) is 5.55. The monoisotopic (exact) mass is 630 g/mol. The van der Waals surface area contributed by atoms with Gasteiger partial charge in [0.05, 0.1) is 19.3 Å². The summed E-state index contributed by atoms with van der Waals surface area (Å²) in [6.45, 7) is -0.876. The van der Waals surface area contributed by atoms with Crippen LogP contribution in [0.3, 0.4) is 0 Å². The third-order valence-corrected chi connectivity index (χ3v) is 5.47. The zero-order valence-electron chi connectivity index (χ0n) is 18.4. The molecule has 0 spiro atoms. The lowest BCUT2D eigenvalue weighted by atomic mass is 9.87. The predicted molar refractivity (Wildman–Crippen MR) is 84.6 cm³/mol. The van der Waals surface area contributed by atoms with E-state index in [0.717, 1.165) is 0 Å². The summed E-state index contributed by atoms with van der Waals surface area (Å²) >= 11 is 0. The number of hydrogen-bond acceptors (Lipinski definition) is 2. The minimum atomic E-state index is -8.83. The Labute approximate surface area is 203 Å². The first-order chi connectivity index (χ1) is 16.9. The Kier molecular flexibility index (Phi) is 9.21. The zero-order valence-corrected chi connectivity index (χ0v) is 18.4. The van der Waals surface area contributed by atoms with Crippen molar-refractivity contribution in [3.63, 3.8) is 0 Å². The van der Waals surface area contributed by atoms with Crippen LogP contribution >= 0.6 is 0 Å². The molecule has 0 aliphatic carbocycles. The molecule has 234 valence electrons. The first kappa shape index (κ1) is 35.5. The van der Waals surface area contributed by atoms with Crippen molar-refractivity contribution in [1.82, 2.24) is 0 Å². The second-order valence-corrected chi connectivity index (χ2v) is 8.37. The molecule has 0 amide bonds. The van der Waals surface area contributed by atoms with Gasteiger partial charge in [-0.05, 0) is 6.42 Å². The SMILES string of the molecule is CC1COC1COC(F)(F)C(F)(F)C(F)(F)C(F)(F)C(F)(F)C(F)(F)C(F)(F)C(F)(F)C(F)CCC(F)(F)F. The van der Waals surface area contributed by atoms with Gasteiger partial charge in [0.1, 0.15) is 0 Å². The van der Waals surface area contributed by atoms with Crippen LogP contribution in [0.15, 0.2) is 0 Å². The number of alkyl halides is 20. The van der Waals surface area contributed by atoms with Gasteiger partial charge in [0.25, 0.3) is 0 Å². The van der Waals surface area contributed by atoms with Crippen molar-refractivity contribution in [2.45, 2.75) is 85.8 Å². The molecule has 0 bridgehead atoms. The maximum atomic E-state index is 13.8. The van der Waals surface area contributed by atoms with Crippen LogP contribution in [0.4, 0.5) is 87.8 Å². The van der Waals surface area contributed by atoms with Crippen LogP contribution in [-0.2, 0) is 9.47 Å². The Balaban J connectivity index is 3.44. The van der Waals surface area contributed by atoms with Crippen LogP contribution in [0.5, 0.6) is 0 Å². The zero-order chi connectivity index (χ0) is 31.5. The number of ether oxygens (including phenoxy) is 2. The Morgan fingerprint density at radius 2 is 1.03 bits per heavy atom. The van der Waals surface area contributed by atoms with Gasteiger partial charge in [0, 0.05) is 12.3 Å². The molecule has 0 N–H and O–H groups in total. The van der Waals surface area contributed by atoms with Crippen molar-refractivity contribution in [1.29, 1.82) is 0 Å². The lowest BCUT2D eigenvalue weighted by molar-refractivity contribution is -0.475. The molecular weight excluding hydrogens is 616 g/mol. The van der Waals surface area contributed by atoms with E-state index in [0.29, 0.717) is 0 Å². The molecule has 3 unspecified atom stereocenters. The third-order valence-electron chi connectivity index (χ3n) is 5.47. The predicted octanol–water partition coefficient (Wildman–Crippen LogP) is 7.76. The smallest absolute Gasteiger partial charge is 0.375 e. The molecule has 1 rings (SSSR count). The molecule has 2 nitrogen and oxygen atoms in total. The van der Waals surface area contributed by atoms with Crippen molar-refractivity contribution < 1.29 is 97.3 Å². The van der Waals surface area contributed by atoms with Crippen LogP contribution in [0.2, 0.25) is 0 Å². The summed E-state index contributed by atoms with van der Waals surface area (Å²) in [5.41, 5.74) is 0. The van der Waals surface area contributed by atoms with E-state index in [1.54, 1.807) is 0 Å². The molecule has 1 aliphatic rings. The molecular formula is C17H14F20O2. The fourth-order valence-corrected chi connectivity index (χ4v) is 2.76. The highest BCUT2D eigenvalue weighted by atomic mass is 19.4. The molecule has 1 saturated heterocycles. The summed E-state index contributed by atoms with van der Waals surface area (Å²) in [7, 11) is 0. The molecule has 3 atom stereocenters. The molecule has 0 saturated carbocycles. The van der Waals surface area contributed by atoms with Crippen molar-refractivity contribution in [2.24, 2.45) is 5.92 Å². The number of rotatable bonds is 13. The highest BCUT2D eigenvalue weighted by Crippen LogP contribution is 2.64. The maximum absolute atomic E-state index is 13.8. The van der Waals surface area contributed by atoms with E-state index in [4.69, 9.17) is 0 Å². The van der Waals surface area contributed by atoms with Crippen molar-refractivity contribution in [2.75, 3.05) is 13.2 Å². The van der Waals surface area contributed by atoms with Crippen LogP contribution in [-0.4, -0.2) is 79.2 Å². The van der Waals surface area contributed by atoms with E-state index < -0.39 is 91.4 Å². The van der Waals surface area contributed by atoms with Crippen LogP contribution in [0.25, 0.3) is 0 Å². The Morgan fingerprint density at radius 1 is 0.641 bits per heavy atom. The van der Waals surface area contributed by atoms with E-state index in [-0.39, 0.29) is 6.61 Å². The molecule has 1 aliphatic heterocycles. The summed E-state index contributed by atoms with van der Waals surface area (Å²) in [4.78, 5) is 0. The average molecular weight is 630 g/mol. The minimum Gasteiger partial charge on any atom is -0.375 e. The summed E-state index contributed by atoms with van der Waals surface area (Å²) < 4.78 is 275. The Hall–Kier alpha value is -1.48. The number of halogens is 20.